The molecular formula is C28H42ClN7O5S. The summed E-state index contributed by atoms with van der Waals surface area (Å²) >= 11 is 6.32. The van der Waals surface area contributed by atoms with Crippen molar-refractivity contribution >= 4 is 45.0 Å². The molecule has 0 saturated heterocycles. The van der Waals surface area contributed by atoms with Crippen LogP contribution in [-0.2, 0) is 30.8 Å². The molecule has 2 rings (SSSR count). The van der Waals surface area contributed by atoms with Crippen molar-refractivity contribution in [2.45, 2.75) is 50.1 Å². The van der Waals surface area contributed by atoms with Gasteiger partial charge in [0.1, 0.15) is 6.04 Å². The molecule has 0 saturated carbocycles. The second kappa shape index (κ2) is 17.1. The van der Waals surface area contributed by atoms with Crippen molar-refractivity contribution in [3.8, 4) is 0 Å². The molecule has 0 bridgehead atoms. The second-order valence-corrected chi connectivity index (χ2v) is 11.9. The van der Waals surface area contributed by atoms with E-state index in [1.807, 2.05) is 30.3 Å². The maximum atomic E-state index is 13.5. The number of anilines is 1. The monoisotopic (exact) mass is 623 g/mol. The third-order valence-electron chi connectivity index (χ3n) is 6.62. The van der Waals surface area contributed by atoms with Crippen LogP contribution in [0.25, 0.3) is 0 Å². The molecular weight excluding hydrogens is 582 g/mol. The van der Waals surface area contributed by atoms with Gasteiger partial charge in [-0.05, 0) is 36.6 Å². The van der Waals surface area contributed by atoms with Gasteiger partial charge < -0.3 is 32.7 Å². The summed E-state index contributed by atoms with van der Waals surface area (Å²) in [5.74, 6) is -1.69. The van der Waals surface area contributed by atoms with Crippen molar-refractivity contribution in [2.75, 3.05) is 44.6 Å². The van der Waals surface area contributed by atoms with E-state index in [1.165, 1.54) is 27.4 Å². The lowest BCUT2D eigenvalue weighted by molar-refractivity contribution is -0.134. The molecule has 0 spiro atoms. The first-order valence-electron chi connectivity index (χ1n) is 13.9. The number of aryl methyl sites for hydroxylation is 1. The number of nitrogens with two attached hydrogens (primary N) is 3. The van der Waals surface area contributed by atoms with E-state index in [-0.39, 0.29) is 73.6 Å². The highest BCUT2D eigenvalue weighted by Crippen LogP contribution is 2.27. The van der Waals surface area contributed by atoms with Crippen LogP contribution in [0.15, 0.2) is 53.4 Å². The number of amides is 3. The molecule has 12 nitrogen and oxygen atoms in total. The van der Waals surface area contributed by atoms with E-state index in [2.05, 4.69) is 10.6 Å². The number of nitrogens with zero attached hydrogens (tertiary/aromatic N) is 2. The Morgan fingerprint density at radius 1 is 0.952 bits per heavy atom. The van der Waals surface area contributed by atoms with Crippen LogP contribution in [0.1, 0.15) is 32.3 Å². The first-order chi connectivity index (χ1) is 20.0. The predicted octanol–water partition coefficient (Wildman–Crippen LogP) is 0.890. The quantitative estimate of drug-likeness (QED) is 0.171. The van der Waals surface area contributed by atoms with Gasteiger partial charge in [-0.15, -0.1) is 0 Å². The van der Waals surface area contributed by atoms with Gasteiger partial charge in [0.05, 0.1) is 28.1 Å². The minimum atomic E-state index is -3.81. The average Bonchev–Trinajstić information content (AvgIpc) is 2.96. The SMILES string of the molecule is CCN(CC)S(=O)(=O)c1ccc(Cl)c(NC(=O)C(CCc2ccccc2)NC(=O)C(N)CC(=O)N(CCN)CCN)c1. The summed E-state index contributed by atoms with van der Waals surface area (Å²) in [7, 11) is -3.81. The molecule has 2 unspecified atom stereocenters. The summed E-state index contributed by atoms with van der Waals surface area (Å²) in [6.07, 6.45) is 0.345. The van der Waals surface area contributed by atoms with Crippen LogP contribution in [0.4, 0.5) is 5.69 Å². The molecule has 0 fully saturated rings. The predicted molar refractivity (Wildman–Crippen MR) is 164 cm³/mol. The van der Waals surface area contributed by atoms with E-state index in [0.29, 0.717) is 6.42 Å². The van der Waals surface area contributed by atoms with Gasteiger partial charge in [0, 0.05) is 39.3 Å². The van der Waals surface area contributed by atoms with Crippen LogP contribution in [0.2, 0.25) is 5.02 Å². The number of hydrogen-bond acceptors (Lipinski definition) is 8. The molecule has 0 aliphatic carbocycles. The highest BCUT2D eigenvalue weighted by atomic mass is 35.5. The van der Waals surface area contributed by atoms with Crippen molar-refractivity contribution in [1.82, 2.24) is 14.5 Å². The fourth-order valence-electron chi connectivity index (χ4n) is 4.28. The molecule has 0 heterocycles. The number of nitrogens with one attached hydrogen (secondary N) is 2. The van der Waals surface area contributed by atoms with E-state index in [9.17, 15) is 22.8 Å². The lowest BCUT2D eigenvalue weighted by Crippen LogP contribution is -2.52. The number of rotatable bonds is 17. The third-order valence-corrected chi connectivity index (χ3v) is 8.99. The lowest BCUT2D eigenvalue weighted by atomic mass is 10.0. The Kier molecular flexibility index (Phi) is 14.3. The lowest BCUT2D eigenvalue weighted by Gasteiger charge is -2.24. The van der Waals surface area contributed by atoms with E-state index >= 15 is 0 Å². The van der Waals surface area contributed by atoms with Crippen LogP contribution < -0.4 is 27.8 Å². The van der Waals surface area contributed by atoms with Crippen molar-refractivity contribution in [2.24, 2.45) is 17.2 Å². The van der Waals surface area contributed by atoms with E-state index in [1.54, 1.807) is 13.8 Å². The van der Waals surface area contributed by atoms with E-state index < -0.39 is 33.9 Å². The highest BCUT2D eigenvalue weighted by molar-refractivity contribution is 7.89. The van der Waals surface area contributed by atoms with Gasteiger partial charge in [0.2, 0.25) is 27.7 Å². The largest absolute Gasteiger partial charge is 0.343 e. The van der Waals surface area contributed by atoms with Crippen molar-refractivity contribution in [3.63, 3.8) is 0 Å². The van der Waals surface area contributed by atoms with Gasteiger partial charge in [0.25, 0.3) is 0 Å². The molecule has 0 aliphatic rings. The first kappa shape index (κ1) is 35.1. The van der Waals surface area contributed by atoms with Gasteiger partial charge in [-0.2, -0.15) is 4.31 Å². The maximum absolute atomic E-state index is 13.5. The van der Waals surface area contributed by atoms with Gasteiger partial charge in [-0.25, -0.2) is 8.42 Å². The molecule has 2 atom stereocenters. The molecule has 14 heteroatoms. The van der Waals surface area contributed by atoms with Crippen molar-refractivity contribution in [3.05, 3.63) is 59.1 Å². The van der Waals surface area contributed by atoms with E-state index in [0.717, 1.165) is 5.56 Å². The summed E-state index contributed by atoms with van der Waals surface area (Å²) in [4.78, 5) is 40.6. The zero-order valence-corrected chi connectivity index (χ0v) is 25.7. The van der Waals surface area contributed by atoms with Crippen LogP contribution in [-0.4, -0.2) is 86.7 Å². The Labute approximate surface area is 253 Å². The zero-order valence-electron chi connectivity index (χ0n) is 24.1. The number of halogens is 1. The minimum absolute atomic E-state index is 0.0316. The molecule has 0 aromatic heterocycles. The third kappa shape index (κ3) is 10.0. The normalized spacial score (nSPS) is 12.9. The van der Waals surface area contributed by atoms with Crippen LogP contribution >= 0.6 is 11.6 Å². The Bertz CT molecular complexity index is 1290. The second-order valence-electron chi connectivity index (χ2n) is 9.57. The Morgan fingerprint density at radius 3 is 2.14 bits per heavy atom. The standard InChI is InChI=1S/C28H42ClN7O5S/c1-3-36(4-2)42(40,41)21-11-12-22(29)25(18-21)34-28(39)24(13-10-20-8-6-5-7-9-20)33-27(38)23(32)19-26(37)35(16-14-30)17-15-31/h5-9,11-12,18,23-24H,3-4,10,13-17,19,30-32H2,1-2H3,(H,33,38)(H,34,39). The van der Waals surface area contributed by atoms with Gasteiger partial charge in [-0.3, -0.25) is 14.4 Å². The highest BCUT2D eigenvalue weighted by Gasteiger charge is 2.28. The van der Waals surface area contributed by atoms with Gasteiger partial charge in [0.15, 0.2) is 0 Å². The number of benzene rings is 2. The molecule has 2 aromatic rings. The maximum Gasteiger partial charge on any atom is 0.247 e. The van der Waals surface area contributed by atoms with Crippen LogP contribution in [0, 0.1) is 0 Å². The summed E-state index contributed by atoms with van der Waals surface area (Å²) in [5.41, 5.74) is 18.2. The number of hydrogen-bond donors (Lipinski definition) is 5. The number of carbonyl (C=O) groups is 3. The van der Waals surface area contributed by atoms with Crippen molar-refractivity contribution < 1.29 is 22.8 Å². The van der Waals surface area contributed by atoms with Crippen LogP contribution in [0.3, 0.4) is 0 Å². The average molecular weight is 624 g/mol. The van der Waals surface area contributed by atoms with Crippen LogP contribution in [0.5, 0.6) is 0 Å². The first-order valence-corrected chi connectivity index (χ1v) is 15.7. The fraction of sp³-hybridized carbons (Fsp3) is 0.464. The van der Waals surface area contributed by atoms with Crippen molar-refractivity contribution in [1.29, 1.82) is 0 Å². The van der Waals surface area contributed by atoms with Gasteiger partial charge >= 0.3 is 0 Å². The smallest absolute Gasteiger partial charge is 0.247 e. The molecule has 2 aromatic carbocycles. The Balaban J connectivity index is 2.26. The molecule has 232 valence electrons. The fourth-order valence-corrected chi connectivity index (χ4v) is 5.93. The summed E-state index contributed by atoms with van der Waals surface area (Å²) < 4.78 is 27.3. The molecule has 0 radical (unpaired) electrons. The molecule has 0 aliphatic heterocycles. The Hall–Kier alpha value is -3.07. The summed E-state index contributed by atoms with van der Waals surface area (Å²) in [5, 5.41) is 5.43. The molecule has 42 heavy (non-hydrogen) atoms. The Morgan fingerprint density at radius 2 is 1.57 bits per heavy atom. The summed E-state index contributed by atoms with van der Waals surface area (Å²) in [6.45, 7) is 5.01. The zero-order chi connectivity index (χ0) is 31.3. The topological polar surface area (TPSA) is 194 Å². The number of sulfonamides is 1. The molecule has 8 N–H and O–H groups in total. The van der Waals surface area contributed by atoms with E-state index in [4.69, 9.17) is 28.8 Å². The summed E-state index contributed by atoms with van der Waals surface area (Å²) in [6, 6.07) is 11.1. The van der Waals surface area contributed by atoms with Gasteiger partial charge in [-0.1, -0.05) is 55.8 Å². The number of carbonyl (C=O) groups excluding carboxylic acids is 3. The minimum Gasteiger partial charge on any atom is -0.343 e. The molecule has 3 amide bonds.